The van der Waals surface area contributed by atoms with E-state index in [0.29, 0.717) is 4.47 Å². The number of halogens is 2. The van der Waals surface area contributed by atoms with Crippen LogP contribution in [0.4, 0.5) is 4.39 Å². The second-order valence-corrected chi connectivity index (χ2v) is 4.29. The average Bonchev–Trinajstić information content (AvgIpc) is 2.27. The Kier molecular flexibility index (Phi) is 3.57. The summed E-state index contributed by atoms with van der Waals surface area (Å²) in [4.78, 5) is 14.5. The maximum atomic E-state index is 13.1. The van der Waals surface area contributed by atoms with Crippen molar-refractivity contribution in [1.29, 1.82) is 0 Å². The first-order valence-electron chi connectivity index (χ1n) is 4.89. The van der Waals surface area contributed by atoms with E-state index in [1.807, 2.05) is 0 Å². The first-order chi connectivity index (χ1) is 8.54. The second kappa shape index (κ2) is 5.14. The molecule has 92 valence electrons. The quantitative estimate of drug-likeness (QED) is 0.943. The van der Waals surface area contributed by atoms with Crippen LogP contribution in [0.25, 0.3) is 0 Å². The minimum Gasteiger partial charge on any atom is -0.477 e. The van der Waals surface area contributed by atoms with E-state index >= 15 is 0 Å². The first kappa shape index (κ1) is 12.5. The second-order valence-electron chi connectivity index (χ2n) is 3.37. The molecule has 0 radical (unpaired) electrons. The Bertz CT molecular complexity index is 583. The molecule has 0 saturated carbocycles. The summed E-state index contributed by atoms with van der Waals surface area (Å²) in [5, 5.41) is 8.78. The van der Waals surface area contributed by atoms with Crippen LogP contribution >= 0.6 is 15.9 Å². The summed E-state index contributed by atoms with van der Waals surface area (Å²) in [6.07, 6.45) is 0. The van der Waals surface area contributed by atoms with E-state index in [9.17, 15) is 9.18 Å². The van der Waals surface area contributed by atoms with Gasteiger partial charge in [0.2, 0.25) is 5.88 Å². The van der Waals surface area contributed by atoms with Crippen LogP contribution in [0.1, 0.15) is 10.5 Å². The van der Waals surface area contributed by atoms with Crippen molar-refractivity contribution >= 4 is 21.9 Å². The molecule has 0 spiro atoms. The number of carboxylic acid groups (broad SMARTS) is 1. The molecule has 1 aromatic heterocycles. The number of ether oxygens (including phenoxy) is 1. The fourth-order valence-electron chi connectivity index (χ4n) is 1.30. The molecule has 18 heavy (non-hydrogen) atoms. The molecule has 0 unspecified atom stereocenters. The van der Waals surface area contributed by atoms with E-state index in [1.54, 1.807) is 6.07 Å². The van der Waals surface area contributed by atoms with E-state index in [0.717, 1.165) is 0 Å². The van der Waals surface area contributed by atoms with Gasteiger partial charge in [-0.25, -0.2) is 14.2 Å². The lowest BCUT2D eigenvalue weighted by Gasteiger charge is -2.05. The van der Waals surface area contributed by atoms with Crippen molar-refractivity contribution in [3.05, 3.63) is 52.4 Å². The van der Waals surface area contributed by atoms with Gasteiger partial charge in [-0.05, 0) is 18.2 Å². The fraction of sp³-hybridized carbons (Fsp3) is 0. The number of carboxylic acids is 1. The number of benzene rings is 1. The topological polar surface area (TPSA) is 59.4 Å². The third kappa shape index (κ3) is 3.04. The van der Waals surface area contributed by atoms with Gasteiger partial charge in [-0.1, -0.05) is 22.0 Å². The number of aromatic nitrogens is 1. The smallest absolute Gasteiger partial charge is 0.354 e. The zero-order chi connectivity index (χ0) is 13.1. The minimum absolute atomic E-state index is 0.0902. The van der Waals surface area contributed by atoms with Crippen molar-refractivity contribution in [3.8, 4) is 11.6 Å². The zero-order valence-electron chi connectivity index (χ0n) is 8.93. The Morgan fingerprint density at radius 3 is 2.78 bits per heavy atom. The maximum absolute atomic E-state index is 13.1. The molecule has 2 aromatic rings. The molecular weight excluding hydrogens is 305 g/mol. The Morgan fingerprint density at radius 2 is 2.11 bits per heavy atom. The highest BCUT2D eigenvalue weighted by molar-refractivity contribution is 9.10. The van der Waals surface area contributed by atoms with Gasteiger partial charge in [0.15, 0.2) is 5.69 Å². The van der Waals surface area contributed by atoms with Crippen LogP contribution in [0.15, 0.2) is 40.9 Å². The van der Waals surface area contributed by atoms with Gasteiger partial charge in [-0.15, -0.1) is 0 Å². The molecular formula is C12H7BrFNO3. The lowest BCUT2D eigenvalue weighted by molar-refractivity contribution is 0.0689. The summed E-state index contributed by atoms with van der Waals surface area (Å²) in [5.74, 6) is -1.29. The van der Waals surface area contributed by atoms with Crippen LogP contribution in [0, 0.1) is 5.82 Å². The molecule has 0 bridgehead atoms. The van der Waals surface area contributed by atoms with Gasteiger partial charge in [0.1, 0.15) is 11.6 Å². The van der Waals surface area contributed by atoms with Crippen LogP contribution in [0.3, 0.4) is 0 Å². The van der Waals surface area contributed by atoms with E-state index in [2.05, 4.69) is 20.9 Å². The first-order valence-corrected chi connectivity index (χ1v) is 5.68. The van der Waals surface area contributed by atoms with Crippen molar-refractivity contribution in [2.75, 3.05) is 0 Å². The summed E-state index contributed by atoms with van der Waals surface area (Å²) >= 11 is 3.13. The van der Waals surface area contributed by atoms with E-state index in [4.69, 9.17) is 9.84 Å². The molecule has 0 fully saturated rings. The minimum atomic E-state index is -1.15. The Morgan fingerprint density at radius 1 is 1.33 bits per heavy atom. The molecule has 1 N–H and O–H groups in total. The van der Waals surface area contributed by atoms with Crippen molar-refractivity contribution in [1.82, 2.24) is 4.98 Å². The number of carbonyl (C=O) groups is 1. The Labute approximate surface area is 110 Å². The van der Waals surface area contributed by atoms with Crippen molar-refractivity contribution in [2.45, 2.75) is 0 Å². The van der Waals surface area contributed by atoms with Crippen LogP contribution in [-0.4, -0.2) is 16.1 Å². The van der Waals surface area contributed by atoms with Crippen LogP contribution in [0.2, 0.25) is 0 Å². The van der Waals surface area contributed by atoms with Crippen LogP contribution in [0.5, 0.6) is 11.6 Å². The Balaban J connectivity index is 2.28. The van der Waals surface area contributed by atoms with Gasteiger partial charge >= 0.3 is 5.97 Å². The molecule has 4 nitrogen and oxygen atoms in total. The summed E-state index contributed by atoms with van der Waals surface area (Å²) in [5.41, 5.74) is -0.136. The molecule has 0 aliphatic heterocycles. The highest BCUT2D eigenvalue weighted by atomic mass is 79.9. The Hall–Kier alpha value is -1.95. The molecule has 0 atom stereocenters. The lowest BCUT2D eigenvalue weighted by Crippen LogP contribution is -2.00. The third-order valence-corrected chi connectivity index (χ3v) is 2.46. The summed E-state index contributed by atoms with van der Waals surface area (Å²) in [7, 11) is 0. The van der Waals surface area contributed by atoms with E-state index < -0.39 is 11.8 Å². The third-order valence-electron chi connectivity index (χ3n) is 2.00. The van der Waals surface area contributed by atoms with Gasteiger partial charge < -0.3 is 9.84 Å². The van der Waals surface area contributed by atoms with Gasteiger partial charge in [0, 0.05) is 16.6 Å². The summed E-state index contributed by atoms with van der Waals surface area (Å²) in [6, 6.07) is 8.36. The van der Waals surface area contributed by atoms with Gasteiger partial charge in [-0.2, -0.15) is 0 Å². The highest BCUT2D eigenvalue weighted by Gasteiger charge is 2.07. The molecule has 6 heteroatoms. The van der Waals surface area contributed by atoms with Crippen molar-refractivity contribution < 1.29 is 19.0 Å². The SMILES string of the molecule is O=C(O)c1cccc(Oc2cc(F)cc(Br)c2)n1. The standard InChI is InChI=1S/C12H7BrFNO3/c13-7-4-8(14)6-9(5-7)18-11-3-1-2-10(15-11)12(16)17/h1-6H,(H,16,17). The van der Waals surface area contributed by atoms with E-state index in [1.165, 1.54) is 30.3 Å². The number of aromatic carboxylic acids is 1. The predicted molar refractivity (Wildman–Crippen MR) is 65.4 cm³/mol. The zero-order valence-corrected chi connectivity index (χ0v) is 10.5. The van der Waals surface area contributed by atoms with Crippen LogP contribution < -0.4 is 4.74 Å². The predicted octanol–water partition coefficient (Wildman–Crippen LogP) is 3.47. The highest BCUT2D eigenvalue weighted by Crippen LogP contribution is 2.24. The lowest BCUT2D eigenvalue weighted by atomic mass is 10.3. The maximum Gasteiger partial charge on any atom is 0.354 e. The number of hydrogen-bond donors (Lipinski definition) is 1. The normalized spacial score (nSPS) is 10.1. The van der Waals surface area contributed by atoms with Gasteiger partial charge in [0.05, 0.1) is 0 Å². The van der Waals surface area contributed by atoms with Crippen molar-refractivity contribution in [2.24, 2.45) is 0 Å². The summed E-state index contributed by atoms with van der Waals surface area (Å²) < 4.78 is 18.9. The number of nitrogens with zero attached hydrogens (tertiary/aromatic N) is 1. The molecule has 0 aliphatic rings. The van der Waals surface area contributed by atoms with Gasteiger partial charge in [-0.3, -0.25) is 0 Å². The molecule has 1 heterocycles. The molecule has 2 rings (SSSR count). The number of rotatable bonds is 3. The number of hydrogen-bond acceptors (Lipinski definition) is 3. The van der Waals surface area contributed by atoms with Gasteiger partial charge in [0.25, 0.3) is 0 Å². The summed E-state index contributed by atoms with van der Waals surface area (Å²) in [6.45, 7) is 0. The monoisotopic (exact) mass is 311 g/mol. The molecule has 0 aliphatic carbocycles. The van der Waals surface area contributed by atoms with Crippen molar-refractivity contribution in [3.63, 3.8) is 0 Å². The van der Waals surface area contributed by atoms with Crippen LogP contribution in [-0.2, 0) is 0 Å². The number of pyridine rings is 1. The van der Waals surface area contributed by atoms with E-state index in [-0.39, 0.29) is 17.3 Å². The molecule has 1 aromatic carbocycles. The molecule has 0 amide bonds. The molecule has 0 saturated heterocycles. The largest absolute Gasteiger partial charge is 0.477 e. The fourth-order valence-corrected chi connectivity index (χ4v) is 1.74. The average molecular weight is 312 g/mol.